The summed E-state index contributed by atoms with van der Waals surface area (Å²) in [6, 6.07) is 21.1. The lowest BCUT2D eigenvalue weighted by Gasteiger charge is -2.23. The fraction of sp³-hybridized carbons (Fsp3) is 0.462. The minimum atomic E-state index is -1.14. The van der Waals surface area contributed by atoms with Crippen molar-refractivity contribution in [2.24, 2.45) is 0 Å². The predicted octanol–water partition coefficient (Wildman–Crippen LogP) is 1.83. The smallest absolute Gasteiger partial charge is 0.104 e. The van der Waals surface area contributed by atoms with Gasteiger partial charge in [0.25, 0.3) is 0 Å². The van der Waals surface area contributed by atoms with Crippen molar-refractivity contribution in [3.05, 3.63) is 71.8 Å². The minimum Gasteiger partial charge on any atom is -0.550 e. The molecule has 0 aliphatic carbocycles. The summed E-state index contributed by atoms with van der Waals surface area (Å²) in [7, 11) is 13.2. The van der Waals surface area contributed by atoms with Crippen molar-refractivity contribution in [1.82, 2.24) is 0 Å². The molecule has 2 aromatic rings. The SMILES string of the molecule is C[N+](C)(C)Cc1ccccc1.C[N+](C)(C)Cc1ccccc1.O=C([O-])CCCCC(=O)[O-]. The highest BCUT2D eigenvalue weighted by Crippen LogP contribution is 2.06. The molecule has 0 atom stereocenters. The van der Waals surface area contributed by atoms with E-state index in [2.05, 4.69) is 103 Å². The van der Waals surface area contributed by atoms with Gasteiger partial charge < -0.3 is 28.8 Å². The van der Waals surface area contributed by atoms with Gasteiger partial charge in [-0.3, -0.25) is 0 Å². The summed E-state index contributed by atoms with van der Waals surface area (Å²) in [5, 5.41) is 19.5. The molecule has 0 spiro atoms. The maximum Gasteiger partial charge on any atom is 0.104 e. The highest BCUT2D eigenvalue weighted by molar-refractivity contribution is 5.65. The maximum absolute atomic E-state index is 9.77. The number of aliphatic carboxylic acids is 2. The molecule has 0 saturated carbocycles. The van der Waals surface area contributed by atoms with Crippen LogP contribution in [-0.2, 0) is 22.7 Å². The monoisotopic (exact) mass is 444 g/mol. The summed E-state index contributed by atoms with van der Waals surface area (Å²) in [5.41, 5.74) is 2.81. The van der Waals surface area contributed by atoms with Gasteiger partial charge in [0, 0.05) is 23.1 Å². The Bertz CT molecular complexity index is 696. The molecule has 0 aliphatic rings. The quantitative estimate of drug-likeness (QED) is 0.437. The number of carboxylic acids is 2. The molecule has 6 heteroatoms. The summed E-state index contributed by atoms with van der Waals surface area (Å²) in [6.45, 7) is 2.20. The Morgan fingerprint density at radius 1 is 0.594 bits per heavy atom. The van der Waals surface area contributed by atoms with Gasteiger partial charge in [-0.25, -0.2) is 0 Å². The highest BCUT2D eigenvalue weighted by Gasteiger charge is 2.07. The fourth-order valence-corrected chi connectivity index (χ4v) is 2.80. The van der Waals surface area contributed by atoms with E-state index < -0.39 is 11.9 Å². The zero-order valence-electron chi connectivity index (χ0n) is 20.5. The van der Waals surface area contributed by atoms with Crippen LogP contribution in [0.25, 0.3) is 0 Å². The number of benzene rings is 2. The Balaban J connectivity index is 0.000000452. The normalized spacial score (nSPS) is 10.8. The lowest BCUT2D eigenvalue weighted by molar-refractivity contribution is -0.884. The molecule has 0 bridgehead atoms. The number of carbonyl (C=O) groups excluding carboxylic acids is 2. The van der Waals surface area contributed by atoms with E-state index in [1.807, 2.05) is 0 Å². The summed E-state index contributed by atoms with van der Waals surface area (Å²) in [4.78, 5) is 19.5. The third-order valence-electron chi connectivity index (χ3n) is 4.01. The van der Waals surface area contributed by atoms with Crippen LogP contribution in [0.1, 0.15) is 36.8 Å². The lowest BCUT2D eigenvalue weighted by Crippen LogP contribution is -2.33. The van der Waals surface area contributed by atoms with E-state index in [1.54, 1.807) is 0 Å². The van der Waals surface area contributed by atoms with Crippen molar-refractivity contribution in [3.8, 4) is 0 Å². The van der Waals surface area contributed by atoms with E-state index >= 15 is 0 Å². The first-order chi connectivity index (χ1) is 14.8. The van der Waals surface area contributed by atoms with Crippen LogP contribution in [0.2, 0.25) is 0 Å². The molecule has 0 saturated heterocycles. The minimum absolute atomic E-state index is 0.0761. The molecule has 0 aromatic heterocycles. The van der Waals surface area contributed by atoms with Crippen molar-refractivity contribution in [2.45, 2.75) is 38.8 Å². The van der Waals surface area contributed by atoms with Crippen molar-refractivity contribution in [3.63, 3.8) is 0 Å². The van der Waals surface area contributed by atoms with Gasteiger partial charge in [-0.1, -0.05) is 60.7 Å². The van der Waals surface area contributed by atoms with E-state index in [0.29, 0.717) is 12.8 Å². The molecule has 2 aromatic carbocycles. The summed E-state index contributed by atoms with van der Waals surface area (Å²) in [5.74, 6) is -2.28. The number of nitrogens with zero attached hydrogens (tertiary/aromatic N) is 2. The average molecular weight is 445 g/mol. The van der Waals surface area contributed by atoms with E-state index in [4.69, 9.17) is 0 Å². The topological polar surface area (TPSA) is 80.3 Å². The zero-order chi connectivity index (χ0) is 24.6. The second-order valence-corrected chi connectivity index (χ2v) is 9.82. The Morgan fingerprint density at radius 3 is 1.09 bits per heavy atom. The van der Waals surface area contributed by atoms with Crippen LogP contribution in [0.15, 0.2) is 60.7 Å². The predicted molar refractivity (Wildman–Crippen MR) is 125 cm³/mol. The Kier molecular flexibility index (Phi) is 13.9. The van der Waals surface area contributed by atoms with Gasteiger partial charge in [0.15, 0.2) is 0 Å². The van der Waals surface area contributed by atoms with Crippen LogP contribution in [0.5, 0.6) is 0 Å². The molecule has 6 nitrogen and oxygen atoms in total. The van der Waals surface area contributed by atoms with E-state index in [9.17, 15) is 19.8 Å². The number of quaternary nitrogens is 2. The Labute approximate surface area is 193 Å². The average Bonchev–Trinajstić information content (AvgIpc) is 2.65. The molecule has 32 heavy (non-hydrogen) atoms. The first-order valence-electron chi connectivity index (χ1n) is 10.9. The van der Waals surface area contributed by atoms with Crippen molar-refractivity contribution >= 4 is 11.9 Å². The Morgan fingerprint density at radius 2 is 0.875 bits per heavy atom. The number of rotatable bonds is 9. The third-order valence-corrected chi connectivity index (χ3v) is 4.01. The number of unbranched alkanes of at least 4 members (excludes halogenated alkanes) is 1. The van der Waals surface area contributed by atoms with Crippen LogP contribution >= 0.6 is 0 Å². The van der Waals surface area contributed by atoms with Gasteiger partial charge in [0.1, 0.15) is 13.1 Å². The number of carbonyl (C=O) groups is 2. The first-order valence-corrected chi connectivity index (χ1v) is 10.9. The fourth-order valence-electron chi connectivity index (χ4n) is 2.80. The number of carboxylic acid groups (broad SMARTS) is 2. The lowest BCUT2D eigenvalue weighted by atomic mass is 10.2. The molecule has 178 valence electrons. The molecule has 0 radical (unpaired) electrons. The van der Waals surface area contributed by atoms with Gasteiger partial charge >= 0.3 is 0 Å². The van der Waals surface area contributed by atoms with Gasteiger partial charge in [-0.2, -0.15) is 0 Å². The van der Waals surface area contributed by atoms with Crippen molar-refractivity contribution in [1.29, 1.82) is 0 Å². The van der Waals surface area contributed by atoms with Crippen molar-refractivity contribution in [2.75, 3.05) is 42.3 Å². The molecule has 0 heterocycles. The molecular weight excluding hydrogens is 404 g/mol. The molecule has 0 N–H and O–H groups in total. The molecule has 2 rings (SSSR count). The van der Waals surface area contributed by atoms with Gasteiger partial charge in [-0.05, 0) is 25.7 Å². The molecule has 0 amide bonds. The first kappa shape index (κ1) is 29.3. The highest BCUT2D eigenvalue weighted by atomic mass is 16.4. The van der Waals surface area contributed by atoms with Crippen LogP contribution in [0, 0.1) is 0 Å². The van der Waals surface area contributed by atoms with Crippen LogP contribution in [0.4, 0.5) is 0 Å². The zero-order valence-corrected chi connectivity index (χ0v) is 20.5. The second-order valence-electron chi connectivity index (χ2n) is 9.82. The standard InChI is InChI=1S/2C10H16N.C6H10O4/c2*1-11(2,3)9-10-7-5-4-6-8-10;7-5(8)3-1-2-4-6(9)10/h2*4-8H,9H2,1-3H3;1-4H2,(H,7,8)(H,9,10)/q2*+1;/p-2. The number of hydrogen-bond acceptors (Lipinski definition) is 4. The molecule has 0 fully saturated rings. The maximum atomic E-state index is 9.77. The van der Waals surface area contributed by atoms with E-state index in [1.165, 1.54) is 11.1 Å². The summed E-state index contributed by atoms with van der Waals surface area (Å²) < 4.78 is 1.98. The second kappa shape index (κ2) is 15.2. The molecule has 0 unspecified atom stereocenters. The van der Waals surface area contributed by atoms with Crippen LogP contribution in [0.3, 0.4) is 0 Å². The Hall–Kier alpha value is -2.70. The largest absolute Gasteiger partial charge is 0.550 e. The summed E-state index contributed by atoms with van der Waals surface area (Å²) >= 11 is 0. The van der Waals surface area contributed by atoms with E-state index in [0.717, 1.165) is 22.1 Å². The van der Waals surface area contributed by atoms with Gasteiger partial charge in [0.05, 0.1) is 42.3 Å². The van der Waals surface area contributed by atoms with Crippen molar-refractivity contribution < 1.29 is 28.8 Å². The van der Waals surface area contributed by atoms with Crippen LogP contribution in [-0.4, -0.2) is 63.2 Å². The van der Waals surface area contributed by atoms with Gasteiger partial charge in [-0.15, -0.1) is 0 Å². The molecular formula is C26H40N2O4. The van der Waals surface area contributed by atoms with Gasteiger partial charge in [0.2, 0.25) is 0 Å². The molecule has 0 aliphatic heterocycles. The third kappa shape index (κ3) is 20.6. The summed E-state index contributed by atoms with van der Waals surface area (Å²) in [6.07, 6.45) is 0.535. The van der Waals surface area contributed by atoms with Crippen LogP contribution < -0.4 is 10.2 Å². The number of hydrogen-bond donors (Lipinski definition) is 0. The van der Waals surface area contributed by atoms with E-state index in [-0.39, 0.29) is 12.8 Å².